The van der Waals surface area contributed by atoms with Crippen LogP contribution in [0.2, 0.25) is 0 Å². The van der Waals surface area contributed by atoms with Gasteiger partial charge in [0.05, 0.1) is 18.7 Å². The van der Waals surface area contributed by atoms with E-state index >= 15 is 0 Å². The first kappa shape index (κ1) is 26.4. The molecule has 202 valence electrons. The smallest absolute Gasteiger partial charge is 0.228 e. The summed E-state index contributed by atoms with van der Waals surface area (Å²) in [5, 5.41) is 17.4. The normalized spacial score (nSPS) is 13.8. The number of pyridine rings is 1. The SMILES string of the molecule is COCCN(c1cc(CC(=O)Nc2ccc(F)cc2)cc(-c2ccccc2-c2nn[nH]n2)n1)C1CCOCC1. The van der Waals surface area contributed by atoms with Crippen molar-refractivity contribution < 1.29 is 18.7 Å². The van der Waals surface area contributed by atoms with Crippen LogP contribution in [0.4, 0.5) is 15.9 Å². The minimum Gasteiger partial charge on any atom is -0.383 e. The molecule has 39 heavy (non-hydrogen) atoms. The van der Waals surface area contributed by atoms with Crippen LogP contribution in [0.1, 0.15) is 18.4 Å². The van der Waals surface area contributed by atoms with E-state index in [1.807, 2.05) is 36.4 Å². The number of carbonyl (C=O) groups is 1. The van der Waals surface area contributed by atoms with Crippen LogP contribution in [0.25, 0.3) is 22.6 Å². The molecule has 2 aromatic heterocycles. The number of halogens is 1. The number of methoxy groups -OCH3 is 1. The molecule has 1 aliphatic heterocycles. The second kappa shape index (κ2) is 12.5. The third-order valence-electron chi connectivity index (χ3n) is 6.62. The van der Waals surface area contributed by atoms with Gasteiger partial charge in [-0.25, -0.2) is 9.37 Å². The van der Waals surface area contributed by atoms with Crippen LogP contribution in [0, 0.1) is 5.82 Å². The Morgan fingerprint density at radius 1 is 1.13 bits per heavy atom. The number of aromatic amines is 1. The first-order chi connectivity index (χ1) is 19.1. The third-order valence-corrected chi connectivity index (χ3v) is 6.62. The zero-order valence-electron chi connectivity index (χ0n) is 21.6. The summed E-state index contributed by atoms with van der Waals surface area (Å²) in [6.45, 7) is 2.54. The monoisotopic (exact) mass is 531 g/mol. The molecule has 11 heteroatoms. The second-order valence-electron chi connectivity index (χ2n) is 9.26. The minimum absolute atomic E-state index is 0.107. The van der Waals surface area contributed by atoms with E-state index in [1.165, 1.54) is 24.3 Å². The van der Waals surface area contributed by atoms with Gasteiger partial charge in [0.1, 0.15) is 11.6 Å². The summed E-state index contributed by atoms with van der Waals surface area (Å²) in [5.41, 5.74) is 3.59. The Morgan fingerprint density at radius 3 is 2.62 bits per heavy atom. The van der Waals surface area contributed by atoms with Crippen molar-refractivity contribution in [2.45, 2.75) is 25.3 Å². The molecule has 3 heterocycles. The molecule has 5 rings (SSSR count). The Labute approximate surface area is 225 Å². The zero-order chi connectivity index (χ0) is 27.0. The van der Waals surface area contributed by atoms with Crippen molar-refractivity contribution in [2.24, 2.45) is 0 Å². The lowest BCUT2D eigenvalue weighted by molar-refractivity contribution is -0.115. The van der Waals surface area contributed by atoms with E-state index in [1.54, 1.807) is 7.11 Å². The standard InChI is InChI=1S/C28H30FN7O3/c1-38-15-12-36(22-10-13-39-14-11-22)26-17-19(18-27(37)30-21-8-6-20(29)7-9-21)16-25(31-26)23-4-2-3-5-24(23)28-32-34-35-33-28/h2-9,16-17,22H,10-15,18H2,1H3,(H,30,37)(H,32,33,34,35). The van der Waals surface area contributed by atoms with Gasteiger partial charge in [-0.3, -0.25) is 4.79 Å². The van der Waals surface area contributed by atoms with E-state index in [2.05, 4.69) is 30.8 Å². The number of ether oxygens (including phenoxy) is 2. The van der Waals surface area contributed by atoms with Gasteiger partial charge >= 0.3 is 0 Å². The zero-order valence-corrected chi connectivity index (χ0v) is 21.6. The number of rotatable bonds is 10. The number of anilines is 2. The molecule has 2 aromatic carbocycles. The summed E-state index contributed by atoms with van der Waals surface area (Å²) in [6, 6.07) is 17.5. The summed E-state index contributed by atoms with van der Waals surface area (Å²) in [5.74, 6) is 0.629. The maximum atomic E-state index is 13.3. The van der Waals surface area contributed by atoms with Gasteiger partial charge in [-0.2, -0.15) is 5.21 Å². The Kier molecular flexibility index (Phi) is 8.49. The molecule has 10 nitrogen and oxygen atoms in total. The Morgan fingerprint density at radius 2 is 1.90 bits per heavy atom. The van der Waals surface area contributed by atoms with E-state index in [0.29, 0.717) is 43.6 Å². The molecule has 0 atom stereocenters. The van der Waals surface area contributed by atoms with Crippen molar-refractivity contribution >= 4 is 17.4 Å². The maximum absolute atomic E-state index is 13.3. The van der Waals surface area contributed by atoms with Crippen molar-refractivity contribution in [3.63, 3.8) is 0 Å². The van der Waals surface area contributed by atoms with Crippen LogP contribution in [0.5, 0.6) is 0 Å². The summed E-state index contributed by atoms with van der Waals surface area (Å²) < 4.78 is 24.3. The van der Waals surface area contributed by atoms with Gasteiger partial charge in [0.25, 0.3) is 0 Å². The molecular formula is C28H30FN7O3. The van der Waals surface area contributed by atoms with Crippen LogP contribution >= 0.6 is 0 Å². The number of nitrogens with zero attached hydrogens (tertiary/aromatic N) is 5. The first-order valence-corrected chi connectivity index (χ1v) is 12.8. The molecule has 2 N–H and O–H groups in total. The first-order valence-electron chi connectivity index (χ1n) is 12.8. The van der Waals surface area contributed by atoms with Crippen LogP contribution < -0.4 is 10.2 Å². The maximum Gasteiger partial charge on any atom is 0.228 e. The fourth-order valence-corrected chi connectivity index (χ4v) is 4.73. The van der Waals surface area contributed by atoms with Gasteiger partial charge in [0.15, 0.2) is 0 Å². The highest BCUT2D eigenvalue weighted by Crippen LogP contribution is 2.32. The average Bonchev–Trinajstić information content (AvgIpc) is 3.50. The number of hydrogen-bond donors (Lipinski definition) is 2. The third kappa shape index (κ3) is 6.62. The summed E-state index contributed by atoms with van der Waals surface area (Å²) in [6.07, 6.45) is 1.85. The van der Waals surface area contributed by atoms with E-state index in [0.717, 1.165) is 35.3 Å². The van der Waals surface area contributed by atoms with Crippen LogP contribution in [0.3, 0.4) is 0 Å². The van der Waals surface area contributed by atoms with E-state index in [4.69, 9.17) is 14.5 Å². The van der Waals surface area contributed by atoms with Crippen molar-refractivity contribution in [1.82, 2.24) is 25.6 Å². The van der Waals surface area contributed by atoms with Gasteiger partial charge < -0.3 is 19.7 Å². The fraction of sp³-hybridized carbons (Fsp3) is 0.321. The number of carbonyl (C=O) groups excluding carboxylic acids is 1. The summed E-state index contributed by atoms with van der Waals surface area (Å²) in [4.78, 5) is 20.3. The number of H-pyrrole nitrogens is 1. The van der Waals surface area contributed by atoms with E-state index in [9.17, 15) is 9.18 Å². The molecule has 0 bridgehead atoms. The number of benzene rings is 2. The molecule has 0 saturated carbocycles. The molecule has 0 radical (unpaired) electrons. The number of aromatic nitrogens is 5. The molecule has 1 aliphatic rings. The highest BCUT2D eigenvalue weighted by molar-refractivity contribution is 5.92. The Balaban J connectivity index is 1.53. The van der Waals surface area contributed by atoms with Gasteiger partial charge in [0, 0.05) is 49.7 Å². The van der Waals surface area contributed by atoms with Crippen molar-refractivity contribution in [3.05, 3.63) is 72.0 Å². The van der Waals surface area contributed by atoms with E-state index in [-0.39, 0.29) is 24.2 Å². The lowest BCUT2D eigenvalue weighted by atomic mass is 10.0. The molecule has 0 unspecified atom stereocenters. The molecule has 0 spiro atoms. The van der Waals surface area contributed by atoms with Crippen LogP contribution in [-0.4, -0.2) is 71.0 Å². The van der Waals surface area contributed by atoms with Gasteiger partial charge in [-0.05, 0) is 60.0 Å². The largest absolute Gasteiger partial charge is 0.383 e. The second-order valence-corrected chi connectivity index (χ2v) is 9.26. The highest BCUT2D eigenvalue weighted by atomic mass is 19.1. The quantitative estimate of drug-likeness (QED) is 0.317. The molecule has 0 aliphatic carbocycles. The van der Waals surface area contributed by atoms with Crippen molar-refractivity contribution in [3.8, 4) is 22.6 Å². The summed E-state index contributed by atoms with van der Waals surface area (Å²) >= 11 is 0. The van der Waals surface area contributed by atoms with Crippen molar-refractivity contribution in [2.75, 3.05) is 43.7 Å². The molecule has 1 amide bonds. The van der Waals surface area contributed by atoms with Gasteiger partial charge in [-0.15, -0.1) is 10.2 Å². The topological polar surface area (TPSA) is 118 Å². The lowest BCUT2D eigenvalue weighted by Crippen LogP contribution is -2.42. The number of nitrogens with one attached hydrogen (secondary N) is 2. The molecule has 1 saturated heterocycles. The minimum atomic E-state index is -0.360. The Hall–Kier alpha value is -4.22. The fourth-order valence-electron chi connectivity index (χ4n) is 4.73. The van der Waals surface area contributed by atoms with E-state index < -0.39 is 0 Å². The average molecular weight is 532 g/mol. The number of amides is 1. The van der Waals surface area contributed by atoms with Gasteiger partial charge in [0.2, 0.25) is 11.7 Å². The number of hydrogen-bond acceptors (Lipinski definition) is 8. The molecular weight excluding hydrogens is 501 g/mol. The molecule has 1 fully saturated rings. The predicted molar refractivity (Wildman–Crippen MR) is 145 cm³/mol. The summed E-state index contributed by atoms with van der Waals surface area (Å²) in [7, 11) is 1.68. The van der Waals surface area contributed by atoms with Crippen LogP contribution in [0.15, 0.2) is 60.7 Å². The number of tetrazole rings is 1. The lowest BCUT2D eigenvalue weighted by Gasteiger charge is -2.35. The van der Waals surface area contributed by atoms with Crippen LogP contribution in [-0.2, 0) is 20.7 Å². The predicted octanol–water partition coefficient (Wildman–Crippen LogP) is 3.88. The Bertz CT molecular complexity index is 1380. The van der Waals surface area contributed by atoms with Gasteiger partial charge in [-0.1, -0.05) is 24.3 Å². The highest BCUT2D eigenvalue weighted by Gasteiger charge is 2.24. The molecule has 4 aromatic rings. The van der Waals surface area contributed by atoms with Crippen molar-refractivity contribution in [1.29, 1.82) is 0 Å².